The minimum Gasteiger partial charge on any atom is -0.489 e. The number of ether oxygens (including phenoxy) is 1. The van der Waals surface area contributed by atoms with E-state index in [9.17, 15) is 14.9 Å². The van der Waals surface area contributed by atoms with Crippen molar-refractivity contribution >= 4 is 11.7 Å². The van der Waals surface area contributed by atoms with Crippen LogP contribution in [0.3, 0.4) is 0 Å². The van der Waals surface area contributed by atoms with Gasteiger partial charge in [0.25, 0.3) is 5.69 Å². The van der Waals surface area contributed by atoms with Crippen molar-refractivity contribution in [2.45, 2.75) is 27.2 Å². The fourth-order valence-corrected chi connectivity index (χ4v) is 1.79. The highest BCUT2D eigenvalue weighted by molar-refractivity contribution is 5.86. The quantitative estimate of drug-likeness (QED) is 0.491. The summed E-state index contributed by atoms with van der Waals surface area (Å²) in [5.74, 6) is -0.595. The van der Waals surface area contributed by atoms with Gasteiger partial charge in [-0.1, -0.05) is 6.92 Å². The monoisotopic (exact) mass is 279 g/mol. The molecule has 0 unspecified atom stereocenters. The summed E-state index contributed by atoms with van der Waals surface area (Å²) in [6, 6.07) is 3.04. The smallest absolute Gasteiger partial charge is 0.331 e. The molecule has 0 fully saturated rings. The summed E-state index contributed by atoms with van der Waals surface area (Å²) in [6.07, 6.45) is 1.86. The molecule has 1 aromatic carbocycles. The Bertz CT molecular complexity index is 563. The third-order valence-corrected chi connectivity index (χ3v) is 2.91. The first-order chi connectivity index (χ1) is 9.36. The average Bonchev–Trinajstić information content (AvgIpc) is 2.35. The zero-order chi connectivity index (χ0) is 15.3. The number of nitro benzene ring substituents is 1. The number of carboxylic acid groups (broad SMARTS) is 1. The average molecular weight is 279 g/mol. The summed E-state index contributed by atoms with van der Waals surface area (Å²) >= 11 is 0. The molecule has 20 heavy (non-hydrogen) atoms. The molecule has 0 aromatic heterocycles. The second kappa shape index (κ2) is 6.70. The first kappa shape index (κ1) is 15.7. The summed E-state index contributed by atoms with van der Waals surface area (Å²) in [5, 5.41) is 19.7. The van der Waals surface area contributed by atoms with E-state index in [0.29, 0.717) is 17.7 Å². The van der Waals surface area contributed by atoms with Gasteiger partial charge in [0.1, 0.15) is 12.4 Å². The molecular formula is C14H17NO5. The number of aryl methyl sites for hydroxylation is 2. The Morgan fingerprint density at radius 2 is 2.05 bits per heavy atom. The van der Waals surface area contributed by atoms with E-state index in [4.69, 9.17) is 9.84 Å². The van der Waals surface area contributed by atoms with Gasteiger partial charge in [0, 0.05) is 11.1 Å². The van der Waals surface area contributed by atoms with Crippen LogP contribution in [0.2, 0.25) is 0 Å². The number of nitro groups is 1. The van der Waals surface area contributed by atoms with E-state index in [1.807, 2.05) is 0 Å². The first-order valence-corrected chi connectivity index (χ1v) is 6.17. The van der Waals surface area contributed by atoms with E-state index in [2.05, 4.69) is 0 Å². The first-order valence-electron chi connectivity index (χ1n) is 6.17. The highest BCUT2D eigenvalue weighted by Gasteiger charge is 2.14. The van der Waals surface area contributed by atoms with Gasteiger partial charge in [0.05, 0.1) is 11.0 Å². The van der Waals surface area contributed by atoms with Crippen molar-refractivity contribution in [2.75, 3.05) is 6.61 Å². The van der Waals surface area contributed by atoms with E-state index in [1.54, 1.807) is 26.8 Å². The van der Waals surface area contributed by atoms with Gasteiger partial charge in [-0.15, -0.1) is 0 Å². The molecule has 0 spiro atoms. The minimum absolute atomic E-state index is 0.0106. The van der Waals surface area contributed by atoms with Crippen LogP contribution in [0.1, 0.15) is 24.5 Å². The van der Waals surface area contributed by atoms with Crippen molar-refractivity contribution in [3.8, 4) is 5.75 Å². The van der Waals surface area contributed by atoms with Gasteiger partial charge in [-0.2, -0.15) is 0 Å². The summed E-state index contributed by atoms with van der Waals surface area (Å²) in [6.45, 7) is 5.25. The Hall–Kier alpha value is -2.37. The molecular weight excluding hydrogens is 262 g/mol. The Morgan fingerprint density at radius 1 is 1.40 bits per heavy atom. The van der Waals surface area contributed by atoms with Gasteiger partial charge < -0.3 is 9.84 Å². The summed E-state index contributed by atoms with van der Waals surface area (Å²) in [5.41, 5.74) is 1.58. The van der Waals surface area contributed by atoms with Crippen molar-refractivity contribution in [3.05, 3.63) is 45.0 Å². The lowest BCUT2D eigenvalue weighted by Gasteiger charge is -2.09. The number of nitrogens with zero attached hydrogens (tertiary/aromatic N) is 1. The van der Waals surface area contributed by atoms with Crippen LogP contribution < -0.4 is 4.74 Å². The third-order valence-electron chi connectivity index (χ3n) is 2.91. The molecule has 0 saturated heterocycles. The predicted molar refractivity (Wildman–Crippen MR) is 74.1 cm³/mol. The Morgan fingerprint density at radius 3 is 2.55 bits per heavy atom. The second-order valence-electron chi connectivity index (χ2n) is 4.36. The zero-order valence-electron chi connectivity index (χ0n) is 11.7. The molecule has 1 rings (SSSR count). The maximum Gasteiger partial charge on any atom is 0.331 e. The Labute approximate surface area is 116 Å². The summed E-state index contributed by atoms with van der Waals surface area (Å²) in [4.78, 5) is 21.2. The van der Waals surface area contributed by atoms with Crippen LogP contribution in [0.25, 0.3) is 0 Å². The fourth-order valence-electron chi connectivity index (χ4n) is 1.79. The number of benzene rings is 1. The normalized spacial score (nSPS) is 11.2. The highest BCUT2D eigenvalue weighted by atomic mass is 16.6. The standard InChI is InChI=1S/C14H17NO5/c1-4-11(14(16)17)5-6-20-13-8-12(15(18)19)9(2)7-10(13)3/h5,7-8H,4,6H2,1-3H3,(H,16,17)/b11-5-. The number of carbonyl (C=O) groups is 1. The largest absolute Gasteiger partial charge is 0.489 e. The maximum atomic E-state index is 10.9. The van der Waals surface area contributed by atoms with Gasteiger partial charge in [0.2, 0.25) is 0 Å². The van der Waals surface area contributed by atoms with Crippen molar-refractivity contribution in [3.63, 3.8) is 0 Å². The molecule has 0 aliphatic rings. The molecule has 0 heterocycles. The molecule has 108 valence electrons. The highest BCUT2D eigenvalue weighted by Crippen LogP contribution is 2.28. The molecule has 6 heteroatoms. The molecule has 0 amide bonds. The number of hydrogen-bond acceptors (Lipinski definition) is 4. The van der Waals surface area contributed by atoms with Crippen molar-refractivity contribution < 1.29 is 19.6 Å². The number of rotatable bonds is 6. The fraction of sp³-hybridized carbons (Fsp3) is 0.357. The number of carboxylic acids is 1. The molecule has 0 bridgehead atoms. The van der Waals surface area contributed by atoms with Gasteiger partial charge in [0.15, 0.2) is 0 Å². The van der Waals surface area contributed by atoms with Crippen LogP contribution in [0, 0.1) is 24.0 Å². The number of aliphatic carboxylic acids is 1. The van der Waals surface area contributed by atoms with Gasteiger partial charge in [-0.05, 0) is 38.0 Å². The lowest BCUT2D eigenvalue weighted by atomic mass is 10.1. The zero-order valence-corrected chi connectivity index (χ0v) is 11.7. The SMILES string of the molecule is CC/C(=C/COc1cc([N+](=O)[O-])c(C)cc1C)C(=O)O. The van der Waals surface area contributed by atoms with Crippen LogP contribution in [-0.4, -0.2) is 22.6 Å². The molecule has 0 saturated carbocycles. The molecule has 0 aliphatic heterocycles. The van der Waals surface area contributed by atoms with Crippen LogP contribution in [0.5, 0.6) is 5.75 Å². The van der Waals surface area contributed by atoms with Gasteiger partial charge in [-0.25, -0.2) is 4.79 Å². The van der Waals surface area contributed by atoms with Crippen molar-refractivity contribution in [1.29, 1.82) is 0 Å². The van der Waals surface area contributed by atoms with E-state index in [0.717, 1.165) is 5.56 Å². The molecule has 1 aromatic rings. The number of hydrogen-bond donors (Lipinski definition) is 1. The maximum absolute atomic E-state index is 10.9. The van der Waals surface area contributed by atoms with Crippen LogP contribution in [0.4, 0.5) is 5.69 Å². The molecule has 6 nitrogen and oxygen atoms in total. The molecule has 0 radical (unpaired) electrons. The van der Waals surface area contributed by atoms with E-state index < -0.39 is 10.9 Å². The Kier molecular flexibility index (Phi) is 5.25. The lowest BCUT2D eigenvalue weighted by molar-refractivity contribution is -0.385. The summed E-state index contributed by atoms with van der Waals surface area (Å²) in [7, 11) is 0. The Balaban J connectivity index is 2.91. The van der Waals surface area contributed by atoms with E-state index in [1.165, 1.54) is 12.1 Å². The third kappa shape index (κ3) is 3.81. The predicted octanol–water partition coefficient (Wildman–Crippen LogP) is 3.01. The van der Waals surface area contributed by atoms with E-state index in [-0.39, 0.29) is 17.9 Å². The van der Waals surface area contributed by atoms with Crippen LogP contribution >= 0.6 is 0 Å². The van der Waals surface area contributed by atoms with Crippen LogP contribution in [0.15, 0.2) is 23.8 Å². The molecule has 1 N–H and O–H groups in total. The molecule has 0 atom stereocenters. The topological polar surface area (TPSA) is 89.7 Å². The second-order valence-corrected chi connectivity index (χ2v) is 4.36. The van der Waals surface area contributed by atoms with Gasteiger partial charge in [-0.3, -0.25) is 10.1 Å². The minimum atomic E-state index is -0.984. The van der Waals surface area contributed by atoms with Crippen molar-refractivity contribution in [1.82, 2.24) is 0 Å². The van der Waals surface area contributed by atoms with Crippen molar-refractivity contribution in [2.24, 2.45) is 0 Å². The van der Waals surface area contributed by atoms with E-state index >= 15 is 0 Å². The molecule has 0 aliphatic carbocycles. The lowest BCUT2D eigenvalue weighted by Crippen LogP contribution is -2.04. The summed E-state index contributed by atoms with van der Waals surface area (Å²) < 4.78 is 5.42. The van der Waals surface area contributed by atoms with Crippen LogP contribution in [-0.2, 0) is 4.79 Å². The van der Waals surface area contributed by atoms with Gasteiger partial charge >= 0.3 is 5.97 Å².